The Bertz CT molecular complexity index is 518. The van der Waals surface area contributed by atoms with E-state index in [1.54, 1.807) is 6.07 Å². The lowest BCUT2D eigenvalue weighted by Crippen LogP contribution is -1.96. The van der Waals surface area contributed by atoms with Crippen molar-refractivity contribution in [3.8, 4) is 5.75 Å². The molecule has 0 spiro atoms. The monoisotopic (exact) mass is 320 g/mol. The fourth-order valence-electron chi connectivity index (χ4n) is 1.26. The molecule has 2 rings (SSSR count). The van der Waals surface area contributed by atoms with Crippen molar-refractivity contribution in [1.29, 1.82) is 0 Å². The summed E-state index contributed by atoms with van der Waals surface area (Å²) in [4.78, 5) is 10.9. The third kappa shape index (κ3) is 1.36. The number of carbonyl (C=O) groups is 1. The highest BCUT2D eigenvalue weighted by atomic mass is 127. The minimum Gasteiger partial charge on any atom is -0.507 e. The number of benzene rings is 1. The van der Waals surface area contributed by atoms with Crippen LogP contribution in [0.2, 0.25) is 0 Å². The second-order valence-electron chi connectivity index (χ2n) is 2.73. The van der Waals surface area contributed by atoms with E-state index in [0.717, 1.165) is 8.96 Å². The summed E-state index contributed by atoms with van der Waals surface area (Å²) in [6.07, 6.45) is 0. The average Bonchev–Trinajstić information content (AvgIpc) is 2.47. The molecule has 3 nitrogen and oxygen atoms in total. The van der Waals surface area contributed by atoms with Crippen molar-refractivity contribution in [2.45, 2.75) is 0 Å². The van der Waals surface area contributed by atoms with E-state index < -0.39 is 5.97 Å². The van der Waals surface area contributed by atoms with Gasteiger partial charge in [-0.2, -0.15) is 0 Å². The lowest BCUT2D eigenvalue weighted by atomic mass is 10.1. The van der Waals surface area contributed by atoms with Crippen molar-refractivity contribution in [2.24, 2.45) is 0 Å². The number of aromatic hydroxyl groups is 1. The number of thiophene rings is 1. The van der Waals surface area contributed by atoms with Crippen LogP contribution in [0.5, 0.6) is 5.75 Å². The first-order chi connectivity index (χ1) is 6.61. The Balaban J connectivity index is 2.90. The number of halogens is 1. The Hall–Kier alpha value is -0.820. The van der Waals surface area contributed by atoms with Crippen LogP contribution >= 0.6 is 33.9 Å². The van der Waals surface area contributed by atoms with Crippen LogP contribution in [-0.4, -0.2) is 16.2 Å². The molecule has 0 aliphatic heterocycles. The Labute approximate surface area is 97.1 Å². The third-order valence-electron chi connectivity index (χ3n) is 1.89. The molecule has 0 amide bonds. The van der Waals surface area contributed by atoms with E-state index in [1.165, 1.54) is 17.4 Å². The SMILES string of the molecule is O=C(O)c1c(O)ccc2c(I)csc12. The molecule has 14 heavy (non-hydrogen) atoms. The standard InChI is InChI=1S/C9H5IO3S/c10-5-3-14-8-4(5)1-2-6(11)7(8)9(12)13/h1-3,11H,(H,12,13). The molecular formula is C9H5IO3S. The number of phenols is 1. The van der Waals surface area contributed by atoms with Crippen LogP contribution in [0.15, 0.2) is 17.5 Å². The van der Waals surface area contributed by atoms with Gasteiger partial charge in [0.05, 0.1) is 4.70 Å². The van der Waals surface area contributed by atoms with Gasteiger partial charge in [0.25, 0.3) is 0 Å². The molecule has 0 unspecified atom stereocenters. The number of hydrogen-bond donors (Lipinski definition) is 2. The number of carboxylic acids is 1. The summed E-state index contributed by atoms with van der Waals surface area (Å²) in [7, 11) is 0. The Morgan fingerprint density at radius 2 is 2.14 bits per heavy atom. The molecule has 0 fully saturated rings. The molecule has 0 saturated carbocycles. The quantitative estimate of drug-likeness (QED) is 0.795. The fraction of sp³-hybridized carbons (Fsp3) is 0. The average molecular weight is 320 g/mol. The van der Waals surface area contributed by atoms with E-state index in [0.29, 0.717) is 4.70 Å². The van der Waals surface area contributed by atoms with Gasteiger partial charge in [-0.1, -0.05) is 0 Å². The molecule has 0 aliphatic rings. The zero-order valence-electron chi connectivity index (χ0n) is 6.82. The first-order valence-electron chi connectivity index (χ1n) is 3.73. The van der Waals surface area contributed by atoms with Crippen LogP contribution in [0.3, 0.4) is 0 Å². The van der Waals surface area contributed by atoms with Crippen molar-refractivity contribution in [3.05, 3.63) is 26.6 Å². The maximum atomic E-state index is 10.9. The molecule has 0 aliphatic carbocycles. The van der Waals surface area contributed by atoms with Crippen molar-refractivity contribution in [2.75, 3.05) is 0 Å². The summed E-state index contributed by atoms with van der Waals surface area (Å²) in [6.45, 7) is 0. The van der Waals surface area contributed by atoms with E-state index in [-0.39, 0.29) is 11.3 Å². The highest BCUT2D eigenvalue weighted by Crippen LogP contribution is 2.34. The highest BCUT2D eigenvalue weighted by molar-refractivity contribution is 14.1. The molecule has 1 aromatic carbocycles. The van der Waals surface area contributed by atoms with Crippen LogP contribution in [0.4, 0.5) is 0 Å². The van der Waals surface area contributed by atoms with Crippen LogP contribution in [0.25, 0.3) is 10.1 Å². The normalized spacial score (nSPS) is 10.6. The summed E-state index contributed by atoms with van der Waals surface area (Å²) in [5.74, 6) is -1.27. The van der Waals surface area contributed by atoms with Gasteiger partial charge >= 0.3 is 5.97 Å². The first-order valence-corrected chi connectivity index (χ1v) is 5.69. The number of carboxylic acid groups (broad SMARTS) is 1. The molecule has 5 heteroatoms. The van der Waals surface area contributed by atoms with E-state index >= 15 is 0 Å². The molecule has 0 radical (unpaired) electrons. The summed E-state index contributed by atoms with van der Waals surface area (Å²) >= 11 is 3.48. The van der Waals surface area contributed by atoms with E-state index in [1.807, 2.05) is 5.38 Å². The van der Waals surface area contributed by atoms with Crippen molar-refractivity contribution < 1.29 is 15.0 Å². The van der Waals surface area contributed by atoms with Gasteiger partial charge in [0.2, 0.25) is 0 Å². The van der Waals surface area contributed by atoms with Gasteiger partial charge in [-0.15, -0.1) is 11.3 Å². The zero-order chi connectivity index (χ0) is 10.3. The summed E-state index contributed by atoms with van der Waals surface area (Å²) < 4.78 is 1.63. The largest absolute Gasteiger partial charge is 0.507 e. The number of hydrogen-bond acceptors (Lipinski definition) is 3. The smallest absolute Gasteiger partial charge is 0.340 e. The van der Waals surface area contributed by atoms with Crippen LogP contribution in [0, 0.1) is 3.57 Å². The van der Waals surface area contributed by atoms with E-state index in [9.17, 15) is 9.90 Å². The van der Waals surface area contributed by atoms with Gasteiger partial charge in [0, 0.05) is 14.3 Å². The van der Waals surface area contributed by atoms with Gasteiger partial charge < -0.3 is 10.2 Å². The lowest BCUT2D eigenvalue weighted by Gasteiger charge is -2.00. The minimum absolute atomic E-state index is 0.00424. The molecule has 1 heterocycles. The molecule has 0 atom stereocenters. The van der Waals surface area contributed by atoms with E-state index in [2.05, 4.69) is 22.6 Å². The molecular weight excluding hydrogens is 315 g/mol. The Kier molecular flexibility index (Phi) is 2.36. The van der Waals surface area contributed by atoms with Crippen LogP contribution < -0.4 is 0 Å². The zero-order valence-corrected chi connectivity index (χ0v) is 9.79. The first kappa shape index (κ1) is 9.72. The molecule has 0 saturated heterocycles. The predicted octanol–water partition coefficient (Wildman–Crippen LogP) is 2.91. The molecule has 72 valence electrons. The summed E-state index contributed by atoms with van der Waals surface area (Å²) in [5.41, 5.74) is -0.00424. The van der Waals surface area contributed by atoms with Crippen LogP contribution in [0.1, 0.15) is 10.4 Å². The van der Waals surface area contributed by atoms with Gasteiger partial charge in [-0.05, 0) is 34.7 Å². The molecule has 1 aromatic heterocycles. The van der Waals surface area contributed by atoms with Crippen molar-refractivity contribution >= 4 is 50.0 Å². The lowest BCUT2D eigenvalue weighted by molar-refractivity contribution is 0.0696. The van der Waals surface area contributed by atoms with Gasteiger partial charge in [0.1, 0.15) is 11.3 Å². The highest BCUT2D eigenvalue weighted by Gasteiger charge is 2.16. The topological polar surface area (TPSA) is 57.5 Å². The maximum Gasteiger partial charge on any atom is 0.340 e. The number of aromatic carboxylic acids is 1. The van der Waals surface area contributed by atoms with Gasteiger partial charge in [-0.25, -0.2) is 4.79 Å². The molecule has 2 aromatic rings. The Morgan fingerprint density at radius 1 is 1.43 bits per heavy atom. The number of fused-ring (bicyclic) bond motifs is 1. The maximum absolute atomic E-state index is 10.9. The molecule has 2 N–H and O–H groups in total. The van der Waals surface area contributed by atoms with Crippen molar-refractivity contribution in [3.63, 3.8) is 0 Å². The second-order valence-corrected chi connectivity index (χ2v) is 4.77. The van der Waals surface area contributed by atoms with Crippen molar-refractivity contribution in [1.82, 2.24) is 0 Å². The summed E-state index contributed by atoms with van der Waals surface area (Å²) in [5, 5.41) is 21.1. The van der Waals surface area contributed by atoms with Gasteiger partial charge in [-0.3, -0.25) is 0 Å². The van der Waals surface area contributed by atoms with Crippen LogP contribution in [-0.2, 0) is 0 Å². The predicted molar refractivity (Wildman–Crippen MR) is 63.2 cm³/mol. The Morgan fingerprint density at radius 3 is 2.79 bits per heavy atom. The third-order valence-corrected chi connectivity index (χ3v) is 4.22. The fourth-order valence-corrected chi connectivity index (χ4v) is 3.24. The minimum atomic E-state index is -1.09. The van der Waals surface area contributed by atoms with Gasteiger partial charge in [0.15, 0.2) is 0 Å². The molecule has 0 bridgehead atoms. The van der Waals surface area contributed by atoms with E-state index in [4.69, 9.17) is 5.11 Å². The summed E-state index contributed by atoms with van der Waals surface area (Å²) in [6, 6.07) is 3.15. The second kappa shape index (κ2) is 3.39. The number of rotatable bonds is 1.